The summed E-state index contributed by atoms with van der Waals surface area (Å²) in [6.45, 7) is 0. The van der Waals surface area contributed by atoms with Gasteiger partial charge in [0.15, 0.2) is 11.5 Å². The van der Waals surface area contributed by atoms with Gasteiger partial charge < -0.3 is 19.3 Å². The van der Waals surface area contributed by atoms with Gasteiger partial charge in [-0.3, -0.25) is 14.4 Å². The molecule has 1 N–H and O–H groups in total. The fourth-order valence-corrected chi connectivity index (χ4v) is 3.58. The van der Waals surface area contributed by atoms with Crippen molar-refractivity contribution < 1.29 is 38.5 Å². The number of Topliss-reactive ketones (excluding diaryl/α,β-unsaturated/α-hetero) is 3. The predicted molar refractivity (Wildman–Crippen MR) is 98.0 cm³/mol. The van der Waals surface area contributed by atoms with Gasteiger partial charge in [-0.15, -0.1) is 0 Å². The van der Waals surface area contributed by atoms with Crippen molar-refractivity contribution in [1.29, 1.82) is 0 Å². The molecule has 4 rings (SSSR count). The Balaban J connectivity index is 1.97. The molecule has 1 aliphatic carbocycles. The molecule has 0 saturated carbocycles. The Bertz CT molecular complexity index is 1110. The van der Waals surface area contributed by atoms with Gasteiger partial charge >= 0.3 is 5.97 Å². The maximum absolute atomic E-state index is 13.1. The maximum Gasteiger partial charge on any atom is 0.381 e. The lowest BCUT2D eigenvalue weighted by atomic mass is 9.85. The number of esters is 1. The largest absolute Gasteiger partial charge is 0.507 e. The second-order valence-corrected chi connectivity index (χ2v) is 6.40. The Morgan fingerprint density at radius 2 is 1.48 bits per heavy atom. The lowest BCUT2D eigenvalue weighted by Gasteiger charge is -2.20. The topological polar surface area (TPSA) is 116 Å². The van der Waals surface area contributed by atoms with Gasteiger partial charge in [0.25, 0.3) is 11.4 Å². The first-order valence-electron chi connectivity index (χ1n) is 8.49. The van der Waals surface area contributed by atoms with Crippen LogP contribution in [0.3, 0.4) is 0 Å². The van der Waals surface area contributed by atoms with E-state index in [1.165, 1.54) is 44.6 Å². The van der Waals surface area contributed by atoms with E-state index in [0.717, 1.165) is 0 Å². The van der Waals surface area contributed by atoms with Crippen LogP contribution >= 0.6 is 0 Å². The van der Waals surface area contributed by atoms with Crippen LogP contribution in [0.25, 0.3) is 5.76 Å². The highest BCUT2D eigenvalue weighted by Crippen LogP contribution is 2.45. The summed E-state index contributed by atoms with van der Waals surface area (Å²) in [5.41, 5.74) is -3.17. The minimum atomic E-state index is -2.53. The van der Waals surface area contributed by atoms with Crippen molar-refractivity contribution in [2.75, 3.05) is 14.2 Å². The van der Waals surface area contributed by atoms with E-state index in [0.29, 0.717) is 5.75 Å². The number of aliphatic hydroxyl groups excluding tert-OH is 1. The number of fused-ring (bicyclic) bond motifs is 1. The van der Waals surface area contributed by atoms with Crippen molar-refractivity contribution in [2.24, 2.45) is 0 Å². The number of aliphatic hydroxyl groups is 1. The van der Waals surface area contributed by atoms with Crippen molar-refractivity contribution in [3.63, 3.8) is 0 Å². The highest BCUT2D eigenvalue weighted by molar-refractivity contribution is 6.52. The molecule has 2 aliphatic rings. The van der Waals surface area contributed by atoms with E-state index in [-0.39, 0.29) is 22.4 Å². The van der Waals surface area contributed by atoms with Gasteiger partial charge in [0.05, 0.1) is 14.2 Å². The second-order valence-electron chi connectivity index (χ2n) is 6.40. The van der Waals surface area contributed by atoms with Gasteiger partial charge in [-0.05, 0) is 18.2 Å². The summed E-state index contributed by atoms with van der Waals surface area (Å²) in [6.07, 6.45) is 0. The Labute approximate surface area is 164 Å². The zero-order valence-corrected chi connectivity index (χ0v) is 15.3. The predicted octanol–water partition coefficient (Wildman–Crippen LogP) is 1.92. The third kappa shape index (κ3) is 2.32. The van der Waals surface area contributed by atoms with Crippen LogP contribution in [0.15, 0.2) is 48.0 Å². The summed E-state index contributed by atoms with van der Waals surface area (Å²) < 4.78 is 15.3. The van der Waals surface area contributed by atoms with Gasteiger partial charge in [-0.1, -0.05) is 24.3 Å². The minimum absolute atomic E-state index is 0.0117. The number of ether oxygens (including phenoxy) is 3. The van der Waals surface area contributed by atoms with E-state index in [2.05, 4.69) is 0 Å². The summed E-state index contributed by atoms with van der Waals surface area (Å²) in [7, 11) is 2.80. The summed E-state index contributed by atoms with van der Waals surface area (Å²) in [5, 5.41) is 10.9. The fourth-order valence-electron chi connectivity index (χ4n) is 3.58. The Kier molecular flexibility index (Phi) is 4.00. The van der Waals surface area contributed by atoms with Crippen LogP contribution in [-0.4, -0.2) is 48.2 Å². The molecule has 1 spiro atoms. The van der Waals surface area contributed by atoms with Gasteiger partial charge in [0.1, 0.15) is 11.3 Å². The zero-order chi connectivity index (χ0) is 20.9. The lowest BCUT2D eigenvalue weighted by molar-refractivity contribution is -0.149. The fraction of sp³-hybridized carbons (Fsp3) is 0.143. The molecule has 8 heteroatoms. The average Bonchev–Trinajstić information content (AvgIpc) is 3.13. The number of carbonyl (C=O) groups excluding carboxylic acids is 4. The summed E-state index contributed by atoms with van der Waals surface area (Å²) in [6, 6.07) is 10.1. The third-order valence-electron chi connectivity index (χ3n) is 4.96. The second kappa shape index (κ2) is 6.30. The number of carbonyl (C=O) groups is 4. The molecule has 8 nitrogen and oxygen atoms in total. The van der Waals surface area contributed by atoms with Crippen molar-refractivity contribution in [3.05, 3.63) is 64.7 Å². The smallest absolute Gasteiger partial charge is 0.381 e. The van der Waals surface area contributed by atoms with E-state index < -0.39 is 40.3 Å². The van der Waals surface area contributed by atoms with Crippen LogP contribution in [0.2, 0.25) is 0 Å². The molecule has 0 amide bonds. The SMILES string of the molecule is COc1ccc(/C(O)=C2\C(=O)C(=O)OC23C(=O)c2ccccc2C3=O)cc1OC. The number of ketones is 3. The first-order chi connectivity index (χ1) is 13.9. The van der Waals surface area contributed by atoms with E-state index in [1.54, 1.807) is 12.1 Å². The highest BCUT2D eigenvalue weighted by Gasteiger charge is 2.67. The standard InChI is InChI=1S/C21H14O8/c1-27-13-8-7-10(9-14(13)28-2)16(22)15-17(23)20(26)29-21(15)18(24)11-5-3-4-6-12(11)19(21)25/h3-9,22H,1-2H3/b16-15-. The van der Waals surface area contributed by atoms with Crippen LogP contribution in [0.5, 0.6) is 11.5 Å². The first kappa shape index (κ1) is 18.4. The molecule has 0 radical (unpaired) electrons. The normalized spacial score (nSPS) is 18.7. The summed E-state index contributed by atoms with van der Waals surface area (Å²) in [5.74, 6) is -4.53. The Hall–Kier alpha value is -3.94. The number of rotatable bonds is 3. The van der Waals surface area contributed by atoms with Crippen molar-refractivity contribution in [2.45, 2.75) is 5.60 Å². The van der Waals surface area contributed by atoms with E-state index in [9.17, 15) is 24.3 Å². The average molecular weight is 394 g/mol. The van der Waals surface area contributed by atoms with Crippen LogP contribution < -0.4 is 9.47 Å². The molecule has 0 unspecified atom stereocenters. The van der Waals surface area contributed by atoms with Gasteiger partial charge in [0, 0.05) is 16.7 Å². The van der Waals surface area contributed by atoms with Crippen molar-refractivity contribution >= 4 is 29.1 Å². The van der Waals surface area contributed by atoms with Gasteiger partial charge in [-0.25, -0.2) is 4.79 Å². The summed E-state index contributed by atoms with van der Waals surface area (Å²) >= 11 is 0. The van der Waals surface area contributed by atoms with E-state index >= 15 is 0 Å². The molecular weight excluding hydrogens is 380 g/mol. The molecule has 29 heavy (non-hydrogen) atoms. The summed E-state index contributed by atoms with van der Waals surface area (Å²) in [4.78, 5) is 50.7. The third-order valence-corrected chi connectivity index (χ3v) is 4.96. The molecular formula is C21H14O8. The van der Waals surface area contributed by atoms with Crippen molar-refractivity contribution in [1.82, 2.24) is 0 Å². The van der Waals surface area contributed by atoms with Crippen LogP contribution in [0.4, 0.5) is 0 Å². The van der Waals surface area contributed by atoms with Crippen LogP contribution in [0.1, 0.15) is 26.3 Å². The van der Waals surface area contributed by atoms with Crippen molar-refractivity contribution in [3.8, 4) is 11.5 Å². The van der Waals surface area contributed by atoms with Gasteiger partial charge in [-0.2, -0.15) is 0 Å². The van der Waals surface area contributed by atoms with E-state index in [4.69, 9.17) is 14.2 Å². The lowest BCUT2D eigenvalue weighted by Crippen LogP contribution is -2.43. The van der Waals surface area contributed by atoms with Gasteiger partial charge in [0.2, 0.25) is 11.6 Å². The Morgan fingerprint density at radius 1 is 0.897 bits per heavy atom. The first-order valence-corrected chi connectivity index (χ1v) is 8.49. The number of hydrogen-bond donors (Lipinski definition) is 1. The van der Waals surface area contributed by atoms with E-state index in [1.807, 2.05) is 0 Å². The molecule has 0 atom stereocenters. The van der Waals surface area contributed by atoms with Crippen LogP contribution in [0, 0.1) is 0 Å². The number of benzene rings is 2. The number of methoxy groups -OCH3 is 2. The molecule has 1 saturated heterocycles. The molecule has 1 aliphatic heterocycles. The molecule has 1 heterocycles. The van der Waals surface area contributed by atoms with Crippen LogP contribution in [-0.2, 0) is 14.3 Å². The zero-order valence-electron chi connectivity index (χ0n) is 15.3. The molecule has 2 aromatic carbocycles. The quantitative estimate of drug-likeness (QED) is 0.276. The Morgan fingerprint density at radius 3 is 2.03 bits per heavy atom. The molecule has 2 aromatic rings. The minimum Gasteiger partial charge on any atom is -0.507 e. The molecule has 0 aromatic heterocycles. The molecule has 0 bridgehead atoms. The molecule has 146 valence electrons. The highest BCUT2D eigenvalue weighted by atomic mass is 16.6. The molecule has 1 fully saturated rings. The maximum atomic E-state index is 13.1. The number of hydrogen-bond acceptors (Lipinski definition) is 8. The monoisotopic (exact) mass is 394 g/mol.